The lowest BCUT2D eigenvalue weighted by atomic mass is 10.0. The van der Waals surface area contributed by atoms with E-state index in [1.54, 1.807) is 43.5 Å². The average Bonchev–Trinajstić information content (AvgIpc) is 2.65. The molecule has 1 N–H and O–H groups in total. The topological polar surface area (TPSA) is 86.6 Å². The van der Waals surface area contributed by atoms with Crippen molar-refractivity contribution in [3.05, 3.63) is 52.4 Å². The Hall–Kier alpha value is -3.09. The second kappa shape index (κ2) is 7.43. The maximum atomic E-state index is 12.8. The second-order valence-corrected chi connectivity index (χ2v) is 6.02. The van der Waals surface area contributed by atoms with Crippen LogP contribution in [0.3, 0.4) is 0 Å². The van der Waals surface area contributed by atoms with Crippen LogP contribution in [0.5, 0.6) is 11.5 Å². The van der Waals surface area contributed by atoms with Gasteiger partial charge in [0.15, 0.2) is 18.1 Å². The van der Waals surface area contributed by atoms with Gasteiger partial charge in [0.25, 0.3) is 11.5 Å². The Labute approximate surface area is 150 Å². The predicted octanol–water partition coefficient (Wildman–Crippen LogP) is 2.41. The summed E-state index contributed by atoms with van der Waals surface area (Å²) in [5.41, 5.74) is 0.483. The SMILES string of the molecule is CCCOc1cccn(C(C)C(=O)c2ccc3c(c2)NC(=O)CO3)c1=O. The zero-order valence-electron chi connectivity index (χ0n) is 14.7. The van der Waals surface area contributed by atoms with Crippen molar-refractivity contribution in [3.63, 3.8) is 0 Å². The molecule has 0 bridgehead atoms. The Bertz CT molecular complexity index is 903. The van der Waals surface area contributed by atoms with Gasteiger partial charge in [0.1, 0.15) is 5.75 Å². The Morgan fingerprint density at radius 2 is 2.15 bits per heavy atom. The van der Waals surface area contributed by atoms with Gasteiger partial charge in [0, 0.05) is 11.8 Å². The highest BCUT2D eigenvalue weighted by Gasteiger charge is 2.22. The number of fused-ring (bicyclic) bond motifs is 1. The third kappa shape index (κ3) is 3.46. The van der Waals surface area contributed by atoms with Gasteiger partial charge in [-0.1, -0.05) is 6.92 Å². The fourth-order valence-electron chi connectivity index (χ4n) is 2.72. The molecule has 0 fully saturated rings. The normalized spacial score (nSPS) is 14.0. The van der Waals surface area contributed by atoms with Gasteiger partial charge in [-0.3, -0.25) is 14.4 Å². The summed E-state index contributed by atoms with van der Waals surface area (Å²) in [5, 5.41) is 2.67. The summed E-state index contributed by atoms with van der Waals surface area (Å²) in [4.78, 5) is 36.8. The summed E-state index contributed by atoms with van der Waals surface area (Å²) in [5.74, 6) is 0.218. The van der Waals surface area contributed by atoms with Crippen molar-refractivity contribution < 1.29 is 19.1 Å². The van der Waals surface area contributed by atoms with E-state index in [-0.39, 0.29) is 29.6 Å². The van der Waals surface area contributed by atoms with Crippen LogP contribution >= 0.6 is 0 Å². The fourth-order valence-corrected chi connectivity index (χ4v) is 2.72. The van der Waals surface area contributed by atoms with Crippen LogP contribution in [0.15, 0.2) is 41.3 Å². The number of pyridine rings is 1. The number of carbonyl (C=O) groups excluding carboxylic acids is 2. The van der Waals surface area contributed by atoms with E-state index in [1.807, 2.05) is 6.92 Å². The molecule has 7 heteroatoms. The molecule has 2 aromatic rings. The summed E-state index contributed by atoms with van der Waals surface area (Å²) in [6, 6.07) is 7.38. The van der Waals surface area contributed by atoms with E-state index in [1.165, 1.54) is 4.57 Å². The van der Waals surface area contributed by atoms with E-state index in [0.29, 0.717) is 23.6 Å². The number of anilines is 1. The third-order valence-electron chi connectivity index (χ3n) is 4.09. The molecule has 136 valence electrons. The molecule has 1 aromatic carbocycles. The second-order valence-electron chi connectivity index (χ2n) is 6.02. The minimum absolute atomic E-state index is 0.0450. The summed E-state index contributed by atoms with van der Waals surface area (Å²) in [7, 11) is 0. The molecule has 1 atom stereocenters. The molecule has 1 aliphatic rings. The molecule has 1 aromatic heterocycles. The van der Waals surface area contributed by atoms with Gasteiger partial charge < -0.3 is 19.4 Å². The third-order valence-corrected chi connectivity index (χ3v) is 4.09. The number of carbonyl (C=O) groups is 2. The van der Waals surface area contributed by atoms with Crippen LogP contribution in [0.1, 0.15) is 36.7 Å². The van der Waals surface area contributed by atoms with Crippen molar-refractivity contribution in [1.82, 2.24) is 4.57 Å². The minimum atomic E-state index is -0.717. The first-order valence-electron chi connectivity index (χ1n) is 8.46. The van der Waals surface area contributed by atoms with Crippen LogP contribution in [-0.2, 0) is 4.79 Å². The van der Waals surface area contributed by atoms with Crippen LogP contribution < -0.4 is 20.3 Å². The molecule has 0 saturated heterocycles. The summed E-state index contributed by atoms with van der Waals surface area (Å²) in [6.45, 7) is 4.00. The molecule has 0 radical (unpaired) electrons. The number of Topliss-reactive ketones (excluding diaryl/α,β-unsaturated/α-hetero) is 1. The number of nitrogens with zero attached hydrogens (tertiary/aromatic N) is 1. The largest absolute Gasteiger partial charge is 0.488 e. The molecule has 0 saturated carbocycles. The zero-order chi connectivity index (χ0) is 18.7. The molecule has 1 unspecified atom stereocenters. The number of benzene rings is 1. The van der Waals surface area contributed by atoms with E-state index in [0.717, 1.165) is 6.42 Å². The molecule has 0 spiro atoms. The summed E-state index contributed by atoms with van der Waals surface area (Å²) >= 11 is 0. The van der Waals surface area contributed by atoms with Crippen molar-refractivity contribution in [2.75, 3.05) is 18.5 Å². The van der Waals surface area contributed by atoms with E-state index in [2.05, 4.69) is 5.32 Å². The van der Waals surface area contributed by atoms with Gasteiger partial charge in [-0.15, -0.1) is 0 Å². The van der Waals surface area contributed by atoms with Gasteiger partial charge in [0.2, 0.25) is 0 Å². The number of nitrogens with one attached hydrogen (secondary N) is 1. The van der Waals surface area contributed by atoms with Crippen LogP contribution in [0.2, 0.25) is 0 Å². The maximum absolute atomic E-state index is 12.8. The van der Waals surface area contributed by atoms with E-state index >= 15 is 0 Å². The van der Waals surface area contributed by atoms with Crippen molar-refractivity contribution in [2.45, 2.75) is 26.3 Å². The Morgan fingerprint density at radius 1 is 1.35 bits per heavy atom. The first-order valence-corrected chi connectivity index (χ1v) is 8.46. The Morgan fingerprint density at radius 3 is 2.92 bits per heavy atom. The Balaban J connectivity index is 1.88. The van der Waals surface area contributed by atoms with Gasteiger partial charge in [0.05, 0.1) is 18.3 Å². The maximum Gasteiger partial charge on any atom is 0.293 e. The van der Waals surface area contributed by atoms with Crippen molar-refractivity contribution in [2.24, 2.45) is 0 Å². The Kier molecular flexibility index (Phi) is 5.06. The quantitative estimate of drug-likeness (QED) is 0.803. The smallest absolute Gasteiger partial charge is 0.293 e. The van der Waals surface area contributed by atoms with Crippen LogP contribution in [0.4, 0.5) is 5.69 Å². The molecule has 7 nitrogen and oxygen atoms in total. The highest BCUT2D eigenvalue weighted by atomic mass is 16.5. The van der Waals surface area contributed by atoms with Crippen LogP contribution in [0.25, 0.3) is 0 Å². The van der Waals surface area contributed by atoms with Crippen molar-refractivity contribution in [1.29, 1.82) is 0 Å². The molecule has 0 aliphatic carbocycles. The van der Waals surface area contributed by atoms with Crippen molar-refractivity contribution in [3.8, 4) is 11.5 Å². The summed E-state index contributed by atoms with van der Waals surface area (Å²) < 4.78 is 12.1. The molecular weight excluding hydrogens is 336 g/mol. The van der Waals surface area contributed by atoms with Gasteiger partial charge in [-0.2, -0.15) is 0 Å². The van der Waals surface area contributed by atoms with E-state index in [9.17, 15) is 14.4 Å². The van der Waals surface area contributed by atoms with Crippen LogP contribution in [-0.4, -0.2) is 29.5 Å². The number of ether oxygens (including phenoxy) is 2. The standard InChI is InChI=1S/C19H20N2O5/c1-3-9-25-16-5-4-8-21(19(16)24)12(2)18(23)13-6-7-15-14(10-13)20-17(22)11-26-15/h4-8,10,12H,3,9,11H2,1-2H3,(H,20,22). The molecular formula is C19H20N2O5. The lowest BCUT2D eigenvalue weighted by Crippen LogP contribution is -2.29. The first-order chi connectivity index (χ1) is 12.5. The fraction of sp³-hybridized carbons (Fsp3) is 0.316. The average molecular weight is 356 g/mol. The van der Waals surface area contributed by atoms with E-state index < -0.39 is 6.04 Å². The number of hydrogen-bond acceptors (Lipinski definition) is 5. The van der Waals surface area contributed by atoms with Gasteiger partial charge in [-0.25, -0.2) is 0 Å². The minimum Gasteiger partial charge on any atom is -0.488 e. The van der Waals surface area contributed by atoms with Crippen LogP contribution in [0, 0.1) is 0 Å². The monoisotopic (exact) mass is 356 g/mol. The molecule has 3 rings (SSSR count). The lowest BCUT2D eigenvalue weighted by Gasteiger charge is -2.20. The zero-order valence-corrected chi connectivity index (χ0v) is 14.7. The lowest BCUT2D eigenvalue weighted by molar-refractivity contribution is -0.118. The highest BCUT2D eigenvalue weighted by Crippen LogP contribution is 2.29. The number of aromatic nitrogens is 1. The number of ketones is 1. The highest BCUT2D eigenvalue weighted by molar-refractivity contribution is 6.02. The summed E-state index contributed by atoms with van der Waals surface area (Å²) in [6.07, 6.45) is 2.35. The van der Waals surface area contributed by atoms with Crippen molar-refractivity contribution >= 4 is 17.4 Å². The predicted molar refractivity (Wildman–Crippen MR) is 96.1 cm³/mol. The number of amides is 1. The molecule has 2 heterocycles. The van der Waals surface area contributed by atoms with E-state index in [4.69, 9.17) is 9.47 Å². The first kappa shape index (κ1) is 17.7. The molecule has 1 aliphatic heterocycles. The molecule has 26 heavy (non-hydrogen) atoms. The van der Waals surface area contributed by atoms with Gasteiger partial charge >= 0.3 is 0 Å². The number of rotatable bonds is 6. The number of hydrogen-bond donors (Lipinski definition) is 1. The van der Waals surface area contributed by atoms with Gasteiger partial charge in [-0.05, 0) is 43.7 Å². The molecule has 1 amide bonds.